The van der Waals surface area contributed by atoms with E-state index in [0.717, 1.165) is 4.86 Å². The Morgan fingerprint density at radius 1 is 1.53 bits per heavy atom. The summed E-state index contributed by atoms with van der Waals surface area (Å²) < 4.78 is 10.4. The predicted octanol–water partition coefficient (Wildman–Crippen LogP) is 2.68. The van der Waals surface area contributed by atoms with Gasteiger partial charge in [-0.3, -0.25) is 4.79 Å². The highest BCUT2D eigenvalue weighted by atomic mass is 32.1. The molecule has 0 atom stereocenters. The van der Waals surface area contributed by atoms with Crippen molar-refractivity contribution in [2.24, 2.45) is 0 Å². The number of carbonyl (C=O) groups is 1. The highest BCUT2D eigenvalue weighted by molar-refractivity contribution is 7.80. The van der Waals surface area contributed by atoms with Crippen molar-refractivity contribution in [3.05, 3.63) is 42.1 Å². The average molecular weight is 220 g/mol. The first-order valence-corrected chi connectivity index (χ1v) is 4.82. The second kappa shape index (κ2) is 4.23. The maximum absolute atomic E-state index is 10.6. The van der Waals surface area contributed by atoms with Gasteiger partial charge in [-0.1, -0.05) is 24.4 Å². The molecule has 1 aliphatic rings. The van der Waals surface area contributed by atoms with Crippen molar-refractivity contribution < 1.29 is 13.9 Å². The molecule has 4 heteroatoms. The summed E-state index contributed by atoms with van der Waals surface area (Å²) in [4.78, 5) is 11.3. The van der Waals surface area contributed by atoms with Gasteiger partial charge in [0.05, 0.1) is 11.1 Å². The molecule has 1 aromatic rings. The molecular formula is C11H8O3S. The van der Waals surface area contributed by atoms with Crippen molar-refractivity contribution in [3.63, 3.8) is 0 Å². The Bertz CT molecular complexity index is 454. The average Bonchev–Trinajstić information content (AvgIpc) is 2.69. The van der Waals surface area contributed by atoms with Crippen LogP contribution in [0.2, 0.25) is 0 Å². The van der Waals surface area contributed by atoms with E-state index in [1.165, 1.54) is 6.26 Å². The van der Waals surface area contributed by atoms with Crippen molar-refractivity contribution in [2.75, 3.05) is 0 Å². The molecule has 76 valence electrons. The van der Waals surface area contributed by atoms with Gasteiger partial charge in [-0.2, -0.15) is 0 Å². The molecular weight excluding hydrogens is 212 g/mol. The van der Waals surface area contributed by atoms with Gasteiger partial charge in [0.15, 0.2) is 12.0 Å². The lowest BCUT2D eigenvalue weighted by molar-refractivity contribution is 0.109. The number of rotatable bonds is 3. The molecule has 2 rings (SSSR count). The van der Waals surface area contributed by atoms with E-state index >= 15 is 0 Å². The summed E-state index contributed by atoms with van der Waals surface area (Å²) in [5.41, 5.74) is 0. The minimum absolute atomic E-state index is 0.174. The Kier molecular flexibility index (Phi) is 2.78. The summed E-state index contributed by atoms with van der Waals surface area (Å²) in [7, 11) is 0. The van der Waals surface area contributed by atoms with E-state index in [1.807, 2.05) is 12.2 Å². The molecule has 15 heavy (non-hydrogen) atoms. The molecule has 0 amide bonds. The third kappa shape index (κ3) is 2.05. The van der Waals surface area contributed by atoms with Crippen molar-refractivity contribution in [2.45, 2.75) is 6.42 Å². The maximum atomic E-state index is 10.6. The zero-order valence-corrected chi connectivity index (χ0v) is 8.62. The van der Waals surface area contributed by atoms with Gasteiger partial charge in [0.2, 0.25) is 5.76 Å². The Morgan fingerprint density at radius 2 is 2.40 bits per heavy atom. The fourth-order valence-electron chi connectivity index (χ4n) is 1.21. The van der Waals surface area contributed by atoms with Crippen LogP contribution in [0.1, 0.15) is 17.0 Å². The zero-order chi connectivity index (χ0) is 10.7. The Morgan fingerprint density at radius 3 is 3.13 bits per heavy atom. The summed E-state index contributed by atoms with van der Waals surface area (Å²) in [5, 5.41) is 0. The SMILES string of the molecule is O=Cc1occc1OC1=CC=CCC1=S. The molecule has 0 spiro atoms. The fourth-order valence-corrected chi connectivity index (χ4v) is 1.42. The summed E-state index contributed by atoms with van der Waals surface area (Å²) in [6.45, 7) is 0. The molecule has 0 bridgehead atoms. The predicted molar refractivity (Wildman–Crippen MR) is 59.2 cm³/mol. The normalized spacial score (nSPS) is 14.9. The summed E-state index contributed by atoms with van der Waals surface area (Å²) in [6, 6.07) is 1.59. The van der Waals surface area contributed by atoms with Crippen LogP contribution in [0, 0.1) is 0 Å². The molecule has 0 aliphatic heterocycles. The molecule has 0 radical (unpaired) electrons. The highest BCUT2D eigenvalue weighted by Gasteiger charge is 2.13. The number of aldehydes is 1. The molecule has 0 unspecified atom stereocenters. The van der Waals surface area contributed by atoms with Gasteiger partial charge in [0, 0.05) is 12.5 Å². The number of hydrogen-bond acceptors (Lipinski definition) is 4. The van der Waals surface area contributed by atoms with Gasteiger partial charge in [0.1, 0.15) is 5.76 Å². The van der Waals surface area contributed by atoms with Crippen LogP contribution in [0.3, 0.4) is 0 Å². The molecule has 3 nitrogen and oxygen atoms in total. The topological polar surface area (TPSA) is 39.4 Å². The zero-order valence-electron chi connectivity index (χ0n) is 7.80. The molecule has 1 heterocycles. The van der Waals surface area contributed by atoms with E-state index in [9.17, 15) is 4.79 Å². The maximum Gasteiger partial charge on any atom is 0.208 e. The second-order valence-corrected chi connectivity index (χ2v) is 3.45. The van der Waals surface area contributed by atoms with E-state index in [4.69, 9.17) is 21.4 Å². The van der Waals surface area contributed by atoms with Gasteiger partial charge in [0.25, 0.3) is 0 Å². The van der Waals surface area contributed by atoms with Crippen LogP contribution in [0.5, 0.6) is 5.75 Å². The standard InChI is InChI=1S/C11H8O3S/c12-7-10-8(5-6-13-10)14-9-3-1-2-4-11(9)15/h1-3,5-7H,4H2. The largest absolute Gasteiger partial charge is 0.457 e. The van der Waals surface area contributed by atoms with Gasteiger partial charge >= 0.3 is 0 Å². The van der Waals surface area contributed by atoms with Crippen LogP contribution in [-0.2, 0) is 0 Å². The Balaban J connectivity index is 2.21. The van der Waals surface area contributed by atoms with Crippen molar-refractivity contribution >= 4 is 23.4 Å². The number of furan rings is 1. The molecule has 1 aromatic heterocycles. The highest BCUT2D eigenvalue weighted by Crippen LogP contribution is 2.22. The lowest BCUT2D eigenvalue weighted by Crippen LogP contribution is -2.08. The minimum Gasteiger partial charge on any atom is -0.457 e. The quantitative estimate of drug-likeness (QED) is 0.580. The van der Waals surface area contributed by atoms with Crippen LogP contribution >= 0.6 is 12.2 Å². The van der Waals surface area contributed by atoms with Crippen LogP contribution in [0.4, 0.5) is 0 Å². The number of thiocarbonyl (C=S) groups is 1. The third-order valence-electron chi connectivity index (χ3n) is 1.95. The Labute approximate surface area is 92.0 Å². The minimum atomic E-state index is 0.174. The lowest BCUT2D eigenvalue weighted by Gasteiger charge is -2.10. The van der Waals surface area contributed by atoms with E-state index in [2.05, 4.69) is 0 Å². The van der Waals surface area contributed by atoms with E-state index in [1.54, 1.807) is 12.1 Å². The second-order valence-electron chi connectivity index (χ2n) is 2.96. The monoisotopic (exact) mass is 220 g/mol. The number of carbonyl (C=O) groups excluding carboxylic acids is 1. The Hall–Kier alpha value is -1.68. The van der Waals surface area contributed by atoms with Crippen molar-refractivity contribution in [1.82, 2.24) is 0 Å². The molecule has 0 N–H and O–H groups in total. The van der Waals surface area contributed by atoms with Crippen LogP contribution < -0.4 is 4.74 Å². The molecule has 0 saturated carbocycles. The van der Waals surface area contributed by atoms with Crippen LogP contribution in [0.25, 0.3) is 0 Å². The first kappa shape index (κ1) is 9.86. The summed E-state index contributed by atoms with van der Waals surface area (Å²) in [6.07, 6.45) is 8.29. The molecule has 1 aliphatic carbocycles. The van der Waals surface area contributed by atoms with E-state index in [-0.39, 0.29) is 5.76 Å². The first-order chi connectivity index (χ1) is 7.31. The van der Waals surface area contributed by atoms with E-state index in [0.29, 0.717) is 24.2 Å². The summed E-state index contributed by atoms with van der Waals surface area (Å²) >= 11 is 5.12. The molecule has 0 aromatic carbocycles. The fraction of sp³-hybridized carbons (Fsp3) is 0.0909. The van der Waals surface area contributed by atoms with Crippen molar-refractivity contribution in [3.8, 4) is 5.75 Å². The number of ether oxygens (including phenoxy) is 1. The van der Waals surface area contributed by atoms with Crippen molar-refractivity contribution in [1.29, 1.82) is 0 Å². The van der Waals surface area contributed by atoms with Crippen LogP contribution in [0.15, 0.2) is 40.7 Å². The lowest BCUT2D eigenvalue weighted by atomic mass is 10.1. The number of allylic oxidation sites excluding steroid dienone is 4. The van der Waals surface area contributed by atoms with Crippen LogP contribution in [-0.4, -0.2) is 11.2 Å². The van der Waals surface area contributed by atoms with Gasteiger partial charge in [-0.05, 0) is 6.08 Å². The first-order valence-electron chi connectivity index (χ1n) is 4.42. The van der Waals surface area contributed by atoms with E-state index < -0.39 is 0 Å². The van der Waals surface area contributed by atoms with Gasteiger partial charge < -0.3 is 9.15 Å². The van der Waals surface area contributed by atoms with Gasteiger partial charge in [-0.15, -0.1) is 0 Å². The third-order valence-corrected chi connectivity index (χ3v) is 2.31. The molecule has 0 saturated heterocycles. The molecule has 0 fully saturated rings. The summed E-state index contributed by atoms with van der Waals surface area (Å²) in [5.74, 6) is 1.17. The smallest absolute Gasteiger partial charge is 0.208 e. The van der Waals surface area contributed by atoms with Gasteiger partial charge in [-0.25, -0.2) is 0 Å². The number of hydrogen-bond donors (Lipinski definition) is 0.